The molecule has 1 heterocycles. The molecule has 2 aromatic carbocycles. The van der Waals surface area contributed by atoms with Crippen LogP contribution < -0.4 is 0 Å². The van der Waals surface area contributed by atoms with E-state index in [2.05, 4.69) is 20.9 Å². The number of thiazole rings is 1. The van der Waals surface area contributed by atoms with Crippen LogP contribution in [0, 0.1) is 10.1 Å². The van der Waals surface area contributed by atoms with Crippen molar-refractivity contribution in [2.24, 2.45) is 0 Å². The van der Waals surface area contributed by atoms with Gasteiger partial charge in [-0.15, -0.1) is 11.3 Å². The van der Waals surface area contributed by atoms with Gasteiger partial charge in [-0.2, -0.15) is 0 Å². The zero-order valence-corrected chi connectivity index (χ0v) is 13.1. The third kappa shape index (κ3) is 3.17. The summed E-state index contributed by atoms with van der Waals surface area (Å²) in [6.07, 6.45) is 3.88. The van der Waals surface area contributed by atoms with Gasteiger partial charge in [0.25, 0.3) is 5.69 Å². The largest absolute Gasteiger partial charge is 0.270 e. The van der Waals surface area contributed by atoms with Gasteiger partial charge < -0.3 is 0 Å². The molecule has 0 N–H and O–H groups in total. The summed E-state index contributed by atoms with van der Waals surface area (Å²) in [6.45, 7) is 0. The lowest BCUT2D eigenvalue weighted by Crippen LogP contribution is -1.85. The molecular weight excluding hydrogens is 352 g/mol. The van der Waals surface area contributed by atoms with Crippen molar-refractivity contribution in [1.29, 1.82) is 0 Å². The number of hydrogen-bond donors (Lipinski definition) is 0. The van der Waals surface area contributed by atoms with Crippen molar-refractivity contribution >= 4 is 55.3 Å². The van der Waals surface area contributed by atoms with Crippen molar-refractivity contribution in [3.05, 3.63) is 67.6 Å². The molecular formula is C15H9BrN2O2S. The van der Waals surface area contributed by atoms with Crippen LogP contribution in [0.3, 0.4) is 0 Å². The van der Waals surface area contributed by atoms with E-state index in [1.807, 2.05) is 36.4 Å². The Labute approximate surface area is 133 Å². The van der Waals surface area contributed by atoms with E-state index in [1.54, 1.807) is 12.1 Å². The fourth-order valence-electron chi connectivity index (χ4n) is 1.89. The van der Waals surface area contributed by atoms with Crippen molar-refractivity contribution in [3.63, 3.8) is 0 Å². The fourth-order valence-corrected chi connectivity index (χ4v) is 3.21. The second kappa shape index (κ2) is 5.75. The molecule has 6 heteroatoms. The molecule has 0 saturated heterocycles. The lowest BCUT2D eigenvalue weighted by Gasteiger charge is -1.93. The monoisotopic (exact) mass is 360 g/mol. The van der Waals surface area contributed by atoms with Crippen LogP contribution in [0.2, 0.25) is 0 Å². The summed E-state index contributed by atoms with van der Waals surface area (Å²) in [4.78, 5) is 14.8. The van der Waals surface area contributed by atoms with Gasteiger partial charge in [-0.05, 0) is 29.8 Å². The summed E-state index contributed by atoms with van der Waals surface area (Å²) in [5.41, 5.74) is 1.93. The summed E-state index contributed by atoms with van der Waals surface area (Å²) < 4.78 is 1.84. The SMILES string of the molecule is O=[N+]([O-])c1ccc2nc(C=Cc3cccc(Br)c3)sc2c1. The summed E-state index contributed by atoms with van der Waals surface area (Å²) in [7, 11) is 0. The van der Waals surface area contributed by atoms with E-state index in [4.69, 9.17) is 0 Å². The van der Waals surface area contributed by atoms with Crippen LogP contribution in [0.4, 0.5) is 5.69 Å². The van der Waals surface area contributed by atoms with Gasteiger partial charge in [0.1, 0.15) is 5.01 Å². The molecule has 104 valence electrons. The van der Waals surface area contributed by atoms with Gasteiger partial charge in [0.05, 0.1) is 15.1 Å². The molecule has 0 aliphatic carbocycles. The van der Waals surface area contributed by atoms with E-state index in [0.717, 1.165) is 25.3 Å². The predicted octanol–water partition coefficient (Wildman–Crippen LogP) is 5.14. The molecule has 4 nitrogen and oxygen atoms in total. The van der Waals surface area contributed by atoms with Crippen LogP contribution in [0.25, 0.3) is 22.4 Å². The summed E-state index contributed by atoms with van der Waals surface area (Å²) in [5, 5.41) is 11.6. The predicted molar refractivity (Wildman–Crippen MR) is 89.3 cm³/mol. The van der Waals surface area contributed by atoms with Crippen molar-refractivity contribution in [2.45, 2.75) is 0 Å². The molecule has 3 rings (SSSR count). The lowest BCUT2D eigenvalue weighted by molar-refractivity contribution is -0.384. The third-order valence-electron chi connectivity index (χ3n) is 2.87. The first-order chi connectivity index (χ1) is 10.1. The molecule has 0 aliphatic heterocycles. The molecule has 0 spiro atoms. The highest BCUT2D eigenvalue weighted by atomic mass is 79.9. The normalized spacial score (nSPS) is 11.3. The summed E-state index contributed by atoms with van der Waals surface area (Å²) >= 11 is 4.87. The number of nitro benzene ring substituents is 1. The Kier molecular flexibility index (Phi) is 3.81. The van der Waals surface area contributed by atoms with Crippen LogP contribution in [0.1, 0.15) is 10.6 Å². The molecule has 0 saturated carbocycles. The van der Waals surface area contributed by atoms with E-state index in [1.165, 1.54) is 17.4 Å². The number of halogens is 1. The van der Waals surface area contributed by atoms with E-state index < -0.39 is 4.92 Å². The Morgan fingerprint density at radius 2 is 2.05 bits per heavy atom. The molecule has 3 aromatic rings. The van der Waals surface area contributed by atoms with Crippen LogP contribution in [-0.2, 0) is 0 Å². The Bertz CT molecular complexity index is 858. The number of hydrogen-bond acceptors (Lipinski definition) is 4. The van der Waals surface area contributed by atoms with Crippen LogP contribution in [0.5, 0.6) is 0 Å². The number of nitro groups is 1. The zero-order valence-electron chi connectivity index (χ0n) is 10.7. The van der Waals surface area contributed by atoms with Gasteiger partial charge in [0.2, 0.25) is 0 Å². The van der Waals surface area contributed by atoms with Gasteiger partial charge in [-0.1, -0.05) is 34.1 Å². The molecule has 0 bridgehead atoms. The molecule has 21 heavy (non-hydrogen) atoms. The number of non-ortho nitro benzene ring substituents is 1. The second-order valence-corrected chi connectivity index (χ2v) is 6.33. The van der Waals surface area contributed by atoms with Gasteiger partial charge >= 0.3 is 0 Å². The lowest BCUT2D eigenvalue weighted by atomic mass is 10.2. The second-order valence-electron chi connectivity index (χ2n) is 4.35. The standard InChI is InChI=1S/C15H9BrN2O2S/c16-11-3-1-2-10(8-11)4-7-15-17-13-6-5-12(18(19)20)9-14(13)21-15/h1-9H. The Morgan fingerprint density at radius 3 is 2.81 bits per heavy atom. The van der Waals surface area contributed by atoms with Gasteiger partial charge in [0, 0.05) is 16.6 Å². The van der Waals surface area contributed by atoms with Gasteiger partial charge in [-0.25, -0.2) is 4.98 Å². The molecule has 0 fully saturated rings. The summed E-state index contributed by atoms with van der Waals surface area (Å²) in [5.74, 6) is 0. The average Bonchev–Trinajstić information content (AvgIpc) is 2.87. The topological polar surface area (TPSA) is 56.0 Å². The first kappa shape index (κ1) is 13.9. The van der Waals surface area contributed by atoms with Crippen LogP contribution >= 0.6 is 27.3 Å². The maximum Gasteiger partial charge on any atom is 0.270 e. The van der Waals surface area contributed by atoms with E-state index >= 15 is 0 Å². The van der Waals surface area contributed by atoms with Crippen LogP contribution in [0.15, 0.2) is 46.9 Å². The van der Waals surface area contributed by atoms with Crippen molar-refractivity contribution in [1.82, 2.24) is 4.98 Å². The van der Waals surface area contributed by atoms with E-state index in [0.29, 0.717) is 0 Å². The molecule has 1 aromatic heterocycles. The number of aromatic nitrogens is 1. The van der Waals surface area contributed by atoms with Crippen molar-refractivity contribution < 1.29 is 4.92 Å². The van der Waals surface area contributed by atoms with Crippen LogP contribution in [-0.4, -0.2) is 9.91 Å². The number of nitrogens with zero attached hydrogens (tertiary/aromatic N) is 2. The quantitative estimate of drug-likeness (QED) is 0.480. The molecule has 0 atom stereocenters. The minimum absolute atomic E-state index is 0.0914. The fraction of sp³-hybridized carbons (Fsp3) is 0. The zero-order chi connectivity index (χ0) is 14.8. The highest BCUT2D eigenvalue weighted by molar-refractivity contribution is 9.10. The van der Waals surface area contributed by atoms with Gasteiger partial charge in [0.15, 0.2) is 0 Å². The minimum atomic E-state index is -0.393. The third-order valence-corrected chi connectivity index (χ3v) is 4.34. The highest BCUT2D eigenvalue weighted by Gasteiger charge is 2.09. The Morgan fingerprint density at radius 1 is 1.19 bits per heavy atom. The minimum Gasteiger partial charge on any atom is -0.258 e. The number of fused-ring (bicyclic) bond motifs is 1. The van der Waals surface area contributed by atoms with Crippen molar-refractivity contribution in [3.8, 4) is 0 Å². The molecule has 0 aliphatic rings. The van der Waals surface area contributed by atoms with E-state index in [-0.39, 0.29) is 5.69 Å². The maximum absolute atomic E-state index is 10.8. The van der Waals surface area contributed by atoms with Crippen molar-refractivity contribution in [2.75, 3.05) is 0 Å². The molecule has 0 unspecified atom stereocenters. The maximum atomic E-state index is 10.8. The number of rotatable bonds is 3. The first-order valence-corrected chi connectivity index (χ1v) is 7.71. The highest BCUT2D eigenvalue weighted by Crippen LogP contribution is 2.27. The average molecular weight is 361 g/mol. The smallest absolute Gasteiger partial charge is 0.258 e. The first-order valence-electron chi connectivity index (χ1n) is 6.10. The van der Waals surface area contributed by atoms with Gasteiger partial charge in [-0.3, -0.25) is 10.1 Å². The molecule has 0 radical (unpaired) electrons. The summed E-state index contributed by atoms with van der Waals surface area (Å²) in [6, 6.07) is 12.7. The Balaban J connectivity index is 1.92. The Hall–Kier alpha value is -2.05. The number of benzene rings is 2. The molecule has 0 amide bonds. The van der Waals surface area contributed by atoms with E-state index in [9.17, 15) is 10.1 Å².